The number of hydrogen-bond acceptors (Lipinski definition) is 6. The number of amides is 1. The largest absolute Gasteiger partial charge is 0.467 e. The van der Waals surface area contributed by atoms with Crippen molar-refractivity contribution in [3.63, 3.8) is 0 Å². The minimum Gasteiger partial charge on any atom is -0.467 e. The van der Waals surface area contributed by atoms with Crippen molar-refractivity contribution in [3.8, 4) is 11.4 Å². The van der Waals surface area contributed by atoms with Gasteiger partial charge in [0.15, 0.2) is 11.0 Å². The van der Waals surface area contributed by atoms with Gasteiger partial charge in [-0.05, 0) is 29.0 Å². The van der Waals surface area contributed by atoms with Gasteiger partial charge >= 0.3 is 5.97 Å². The summed E-state index contributed by atoms with van der Waals surface area (Å²) in [7, 11) is 1.36. The van der Waals surface area contributed by atoms with E-state index in [-0.39, 0.29) is 17.1 Å². The van der Waals surface area contributed by atoms with Gasteiger partial charge in [0.25, 0.3) is 0 Å². The predicted octanol–water partition coefficient (Wildman–Crippen LogP) is 4.48. The van der Waals surface area contributed by atoms with Crippen molar-refractivity contribution in [1.82, 2.24) is 19.7 Å². The molecule has 0 aliphatic carbocycles. The zero-order valence-corrected chi connectivity index (χ0v) is 21.8. The monoisotopic (exact) mass is 492 g/mol. The number of esters is 1. The van der Waals surface area contributed by atoms with Crippen LogP contribution >= 0.6 is 11.8 Å². The van der Waals surface area contributed by atoms with Crippen LogP contribution in [-0.4, -0.2) is 50.4 Å². The van der Waals surface area contributed by atoms with Gasteiger partial charge < -0.3 is 14.2 Å². The average Bonchev–Trinajstić information content (AvgIpc) is 3.28. The summed E-state index contributed by atoms with van der Waals surface area (Å²) in [6, 6.07) is 15.7. The Kier molecular flexibility index (Phi) is 7.31. The van der Waals surface area contributed by atoms with Crippen LogP contribution in [0.15, 0.2) is 53.7 Å². The number of fused-ring (bicyclic) bond motifs is 1. The van der Waals surface area contributed by atoms with E-state index in [1.807, 2.05) is 35.8 Å². The van der Waals surface area contributed by atoms with Crippen LogP contribution in [0.1, 0.15) is 44.4 Å². The number of methoxy groups -OCH3 is 1. The Hall–Kier alpha value is -3.13. The Balaban J connectivity index is 1.51. The van der Waals surface area contributed by atoms with Crippen LogP contribution in [0.5, 0.6) is 0 Å². The fraction of sp³-hybridized carbons (Fsp3) is 0.407. The topological polar surface area (TPSA) is 77.3 Å². The number of carbonyl (C=O) groups excluding carboxylic acids is 2. The summed E-state index contributed by atoms with van der Waals surface area (Å²) in [6.45, 7) is 9.68. The van der Waals surface area contributed by atoms with E-state index in [2.05, 4.69) is 55.2 Å². The molecule has 0 saturated heterocycles. The zero-order chi connectivity index (χ0) is 25.2. The number of ether oxygens (including phenoxy) is 1. The summed E-state index contributed by atoms with van der Waals surface area (Å²) in [6.07, 6.45) is 0.457. The average molecular weight is 493 g/mol. The summed E-state index contributed by atoms with van der Waals surface area (Å²) in [5, 5.41) is 9.47. The van der Waals surface area contributed by atoms with Gasteiger partial charge in [0.1, 0.15) is 6.04 Å². The van der Waals surface area contributed by atoms with Gasteiger partial charge in [-0.2, -0.15) is 0 Å². The number of thioether (sulfide) groups is 1. The number of nitrogens with zero attached hydrogens (tertiary/aromatic N) is 4. The normalized spacial score (nSPS) is 15.6. The lowest BCUT2D eigenvalue weighted by molar-refractivity contribution is -0.153. The first-order valence-electron chi connectivity index (χ1n) is 11.8. The molecule has 0 bridgehead atoms. The van der Waals surface area contributed by atoms with Crippen molar-refractivity contribution >= 4 is 23.6 Å². The minimum absolute atomic E-state index is 0.0787. The molecule has 1 aliphatic heterocycles. The summed E-state index contributed by atoms with van der Waals surface area (Å²) >= 11 is 1.34. The van der Waals surface area contributed by atoms with Crippen LogP contribution in [0.2, 0.25) is 0 Å². The molecule has 0 fully saturated rings. The fourth-order valence-electron chi connectivity index (χ4n) is 4.35. The van der Waals surface area contributed by atoms with Crippen LogP contribution in [0.3, 0.4) is 0 Å². The summed E-state index contributed by atoms with van der Waals surface area (Å²) in [5.74, 6) is 0.427. The van der Waals surface area contributed by atoms with E-state index in [1.165, 1.54) is 24.4 Å². The second kappa shape index (κ2) is 10.2. The van der Waals surface area contributed by atoms with Crippen molar-refractivity contribution in [3.05, 3.63) is 65.2 Å². The Labute approximate surface area is 210 Å². The van der Waals surface area contributed by atoms with E-state index in [0.29, 0.717) is 24.7 Å². The molecule has 0 saturated carbocycles. The fourth-order valence-corrected chi connectivity index (χ4v) is 5.24. The molecule has 1 amide bonds. The smallest absolute Gasteiger partial charge is 0.328 e. The number of aromatic nitrogens is 3. The number of rotatable bonds is 6. The molecular weight excluding hydrogens is 460 g/mol. The maximum Gasteiger partial charge on any atom is 0.328 e. The van der Waals surface area contributed by atoms with E-state index in [1.54, 1.807) is 4.90 Å². The molecule has 8 heteroatoms. The first-order valence-corrected chi connectivity index (χ1v) is 12.8. The Morgan fingerprint density at radius 1 is 1.06 bits per heavy atom. The highest BCUT2D eigenvalue weighted by atomic mass is 32.2. The maximum absolute atomic E-state index is 13.3. The molecule has 2 aromatic carbocycles. The molecular formula is C27H32N4O3S. The lowest BCUT2D eigenvalue weighted by Crippen LogP contribution is -2.49. The Morgan fingerprint density at radius 3 is 2.37 bits per heavy atom. The SMILES string of the molecule is CCn1c(SCC(=O)N2Cc3ccccc3CC2C(=O)OC)nnc1-c1ccc(C(C)(C)C)cc1. The molecule has 1 unspecified atom stereocenters. The minimum atomic E-state index is -0.621. The highest BCUT2D eigenvalue weighted by molar-refractivity contribution is 7.99. The molecule has 1 aliphatic rings. The molecule has 35 heavy (non-hydrogen) atoms. The Morgan fingerprint density at radius 2 is 1.74 bits per heavy atom. The van der Waals surface area contributed by atoms with Crippen LogP contribution in [0, 0.1) is 0 Å². The third kappa shape index (κ3) is 5.27. The molecule has 7 nitrogen and oxygen atoms in total. The van der Waals surface area contributed by atoms with Crippen LogP contribution in [0.25, 0.3) is 11.4 Å². The number of carbonyl (C=O) groups is 2. The predicted molar refractivity (Wildman–Crippen MR) is 137 cm³/mol. The van der Waals surface area contributed by atoms with E-state index in [9.17, 15) is 9.59 Å². The molecule has 0 spiro atoms. The lowest BCUT2D eigenvalue weighted by Gasteiger charge is -2.35. The number of hydrogen-bond donors (Lipinski definition) is 0. The Bertz CT molecular complexity index is 1210. The van der Waals surface area contributed by atoms with Crippen LogP contribution in [-0.2, 0) is 39.3 Å². The second-order valence-electron chi connectivity index (χ2n) is 9.70. The first kappa shape index (κ1) is 25.0. The van der Waals surface area contributed by atoms with Crippen LogP contribution in [0.4, 0.5) is 0 Å². The van der Waals surface area contributed by atoms with Crippen molar-refractivity contribution in [2.24, 2.45) is 0 Å². The molecule has 0 radical (unpaired) electrons. The van der Waals surface area contributed by atoms with E-state index >= 15 is 0 Å². The lowest BCUT2D eigenvalue weighted by atomic mass is 9.87. The second-order valence-corrected chi connectivity index (χ2v) is 10.6. The van der Waals surface area contributed by atoms with Gasteiger partial charge in [0.05, 0.1) is 12.9 Å². The molecule has 184 valence electrons. The van der Waals surface area contributed by atoms with Crippen molar-refractivity contribution < 1.29 is 14.3 Å². The van der Waals surface area contributed by atoms with Crippen LogP contribution < -0.4 is 0 Å². The third-order valence-corrected chi connectivity index (χ3v) is 7.36. The zero-order valence-electron chi connectivity index (χ0n) is 20.9. The van der Waals surface area contributed by atoms with Gasteiger partial charge in [-0.15, -0.1) is 10.2 Å². The first-order chi connectivity index (χ1) is 16.7. The summed E-state index contributed by atoms with van der Waals surface area (Å²) < 4.78 is 7.02. The van der Waals surface area contributed by atoms with Crippen molar-refractivity contribution in [1.29, 1.82) is 0 Å². The van der Waals surface area contributed by atoms with Gasteiger partial charge in [-0.25, -0.2) is 4.79 Å². The highest BCUT2D eigenvalue weighted by Crippen LogP contribution is 2.29. The van der Waals surface area contributed by atoms with Crippen molar-refractivity contribution in [2.75, 3.05) is 12.9 Å². The molecule has 0 N–H and O–H groups in total. The summed E-state index contributed by atoms with van der Waals surface area (Å²) in [4.78, 5) is 27.3. The van der Waals surface area contributed by atoms with E-state index < -0.39 is 12.0 Å². The summed E-state index contributed by atoms with van der Waals surface area (Å²) in [5.41, 5.74) is 4.46. The molecule has 1 aromatic heterocycles. The van der Waals surface area contributed by atoms with Gasteiger partial charge in [-0.3, -0.25) is 4.79 Å². The van der Waals surface area contributed by atoms with Crippen molar-refractivity contribution in [2.45, 2.75) is 63.8 Å². The molecule has 2 heterocycles. The maximum atomic E-state index is 13.3. The number of benzene rings is 2. The van der Waals surface area contributed by atoms with E-state index in [4.69, 9.17) is 4.74 Å². The molecule has 1 atom stereocenters. The highest BCUT2D eigenvalue weighted by Gasteiger charge is 2.35. The van der Waals surface area contributed by atoms with Gasteiger partial charge in [-0.1, -0.05) is 81.1 Å². The molecule has 4 rings (SSSR count). The molecule has 3 aromatic rings. The third-order valence-electron chi connectivity index (χ3n) is 6.41. The van der Waals surface area contributed by atoms with Gasteiger partial charge in [0.2, 0.25) is 5.91 Å². The quantitative estimate of drug-likeness (QED) is 0.373. The standard InChI is InChI=1S/C27H32N4O3S/c1-6-30-24(18-11-13-21(14-12-18)27(2,3)4)28-29-26(30)35-17-23(32)31-16-20-10-8-7-9-19(20)15-22(31)25(33)34-5/h7-14,22H,6,15-17H2,1-5H3. The van der Waals surface area contributed by atoms with E-state index in [0.717, 1.165) is 22.5 Å². The van der Waals surface area contributed by atoms with Gasteiger partial charge in [0, 0.05) is 25.1 Å².